The molecule has 1 amide bonds. The number of alkyl carbamates (subject to hydrolysis) is 1. The molecule has 0 spiro atoms. The van der Waals surface area contributed by atoms with Crippen molar-refractivity contribution in [1.82, 2.24) is 10.3 Å². The topological polar surface area (TPSA) is 85.6 Å². The first-order valence-corrected chi connectivity index (χ1v) is 12.7. The van der Waals surface area contributed by atoms with Gasteiger partial charge in [0.1, 0.15) is 18.0 Å². The lowest BCUT2D eigenvalue weighted by molar-refractivity contribution is 0.0520. The second kappa shape index (κ2) is 11.6. The minimum Gasteiger partial charge on any atom is -0.489 e. The van der Waals surface area contributed by atoms with Gasteiger partial charge in [-0.2, -0.15) is 0 Å². The van der Waals surface area contributed by atoms with Crippen LogP contribution in [0.1, 0.15) is 51.5 Å². The molecule has 3 aromatic rings. The van der Waals surface area contributed by atoms with Crippen LogP contribution in [0.3, 0.4) is 0 Å². The molecule has 1 heterocycles. The molecule has 10 heteroatoms. The Labute approximate surface area is 226 Å². The largest absolute Gasteiger partial charge is 0.489 e. The Bertz CT molecular complexity index is 1160. The van der Waals surface area contributed by atoms with E-state index in [2.05, 4.69) is 29.5 Å². The first kappa shape index (κ1) is 28.0. The SMILES string of the molecule is CC(C)(C)OC(=O)NCc1cnc(Nc2ccc(C(C)(C)c3cc(Cl)c(OCCCl)c(Cl)c3)cc2)o1. The van der Waals surface area contributed by atoms with Crippen molar-refractivity contribution in [3.8, 4) is 5.75 Å². The van der Waals surface area contributed by atoms with Gasteiger partial charge in [-0.25, -0.2) is 9.78 Å². The van der Waals surface area contributed by atoms with Gasteiger partial charge in [-0.3, -0.25) is 0 Å². The van der Waals surface area contributed by atoms with Crippen molar-refractivity contribution < 1.29 is 18.7 Å². The Hall–Kier alpha value is -2.61. The highest BCUT2D eigenvalue weighted by atomic mass is 35.5. The van der Waals surface area contributed by atoms with Crippen LogP contribution in [0.25, 0.3) is 0 Å². The minimum absolute atomic E-state index is 0.164. The third kappa shape index (κ3) is 7.45. The highest BCUT2D eigenvalue weighted by molar-refractivity contribution is 6.37. The van der Waals surface area contributed by atoms with Crippen LogP contribution in [0.15, 0.2) is 47.0 Å². The molecule has 2 aromatic carbocycles. The van der Waals surface area contributed by atoms with E-state index in [-0.39, 0.29) is 12.0 Å². The molecule has 1 aromatic heterocycles. The van der Waals surface area contributed by atoms with Gasteiger partial charge in [0.15, 0.2) is 5.75 Å². The molecule has 7 nitrogen and oxygen atoms in total. The number of anilines is 2. The molecule has 0 aliphatic heterocycles. The Morgan fingerprint density at radius 2 is 1.67 bits per heavy atom. The van der Waals surface area contributed by atoms with Gasteiger partial charge < -0.3 is 24.5 Å². The second-order valence-corrected chi connectivity index (χ2v) is 10.8. The number of nitrogens with zero attached hydrogens (tertiary/aromatic N) is 1. The summed E-state index contributed by atoms with van der Waals surface area (Å²) in [5, 5.41) is 6.64. The quantitative estimate of drug-likeness (QED) is 0.264. The fourth-order valence-corrected chi connectivity index (χ4v) is 4.05. The Kier molecular flexibility index (Phi) is 9.03. The monoisotopic (exact) mass is 553 g/mol. The number of halogens is 3. The molecule has 2 N–H and O–H groups in total. The summed E-state index contributed by atoms with van der Waals surface area (Å²) < 4.78 is 16.4. The maximum atomic E-state index is 11.8. The van der Waals surface area contributed by atoms with Crippen molar-refractivity contribution in [1.29, 1.82) is 0 Å². The van der Waals surface area contributed by atoms with Crippen molar-refractivity contribution >= 4 is 52.6 Å². The molecular formula is C26H30Cl3N3O4. The molecule has 0 bridgehead atoms. The number of carbonyl (C=O) groups is 1. The predicted molar refractivity (Wildman–Crippen MR) is 144 cm³/mol. The third-order valence-electron chi connectivity index (χ3n) is 5.26. The van der Waals surface area contributed by atoms with Crippen LogP contribution >= 0.6 is 34.8 Å². The van der Waals surface area contributed by atoms with Gasteiger partial charge in [-0.1, -0.05) is 49.2 Å². The zero-order chi connectivity index (χ0) is 26.5. The average Bonchev–Trinajstić information content (AvgIpc) is 3.23. The first-order chi connectivity index (χ1) is 16.9. The van der Waals surface area contributed by atoms with Gasteiger partial charge >= 0.3 is 6.09 Å². The molecular weight excluding hydrogens is 525 g/mol. The maximum absolute atomic E-state index is 11.8. The summed E-state index contributed by atoms with van der Waals surface area (Å²) in [5.74, 6) is 1.27. The number of alkyl halides is 1. The smallest absolute Gasteiger partial charge is 0.408 e. The number of hydrogen-bond donors (Lipinski definition) is 2. The first-order valence-electron chi connectivity index (χ1n) is 11.4. The number of aromatic nitrogens is 1. The average molecular weight is 555 g/mol. The number of oxazole rings is 1. The van der Waals surface area contributed by atoms with Crippen LogP contribution in [0.2, 0.25) is 10.0 Å². The van der Waals surface area contributed by atoms with Crippen LogP contribution in [-0.2, 0) is 16.7 Å². The number of amides is 1. The molecule has 0 atom stereocenters. The van der Waals surface area contributed by atoms with Crippen LogP contribution < -0.4 is 15.4 Å². The predicted octanol–water partition coefficient (Wildman–Crippen LogP) is 7.69. The van der Waals surface area contributed by atoms with Gasteiger partial charge in [-0.15, -0.1) is 11.6 Å². The molecule has 3 rings (SSSR count). The summed E-state index contributed by atoms with van der Waals surface area (Å²) in [6, 6.07) is 11.9. The van der Waals surface area contributed by atoms with Crippen molar-refractivity contribution in [2.75, 3.05) is 17.8 Å². The zero-order valence-corrected chi connectivity index (χ0v) is 23.1. The Morgan fingerprint density at radius 1 is 1.03 bits per heavy atom. The summed E-state index contributed by atoms with van der Waals surface area (Å²) in [4.78, 5) is 16.0. The number of nitrogens with one attached hydrogen (secondary N) is 2. The van der Waals surface area contributed by atoms with Crippen LogP contribution in [-0.4, -0.2) is 29.2 Å². The Balaban J connectivity index is 1.65. The lowest BCUT2D eigenvalue weighted by atomic mass is 9.78. The highest BCUT2D eigenvalue weighted by Crippen LogP contribution is 2.40. The zero-order valence-electron chi connectivity index (χ0n) is 20.9. The van der Waals surface area contributed by atoms with Gasteiger partial charge in [0.2, 0.25) is 0 Å². The van der Waals surface area contributed by atoms with E-state index in [1.54, 1.807) is 27.0 Å². The van der Waals surface area contributed by atoms with E-state index in [4.69, 9.17) is 48.7 Å². The maximum Gasteiger partial charge on any atom is 0.408 e. The Morgan fingerprint density at radius 3 is 2.25 bits per heavy atom. The summed E-state index contributed by atoms with van der Waals surface area (Å²) in [6.45, 7) is 10.1. The van der Waals surface area contributed by atoms with Crippen molar-refractivity contribution in [2.24, 2.45) is 0 Å². The summed E-state index contributed by atoms with van der Waals surface area (Å²) in [5.41, 5.74) is 1.86. The molecule has 0 radical (unpaired) electrons. The van der Waals surface area contributed by atoms with E-state index in [9.17, 15) is 4.79 Å². The van der Waals surface area contributed by atoms with Crippen LogP contribution in [0, 0.1) is 0 Å². The number of ether oxygens (including phenoxy) is 2. The minimum atomic E-state index is -0.570. The van der Waals surface area contributed by atoms with E-state index in [1.165, 1.54) is 0 Å². The van der Waals surface area contributed by atoms with Crippen LogP contribution in [0.5, 0.6) is 5.75 Å². The normalized spacial score (nSPS) is 11.8. The number of carbonyl (C=O) groups excluding carboxylic acids is 1. The van der Waals surface area contributed by atoms with E-state index in [0.29, 0.717) is 40.1 Å². The van der Waals surface area contributed by atoms with Gasteiger partial charge in [-0.05, 0) is 56.2 Å². The lowest BCUT2D eigenvalue weighted by Crippen LogP contribution is -2.32. The molecule has 194 valence electrons. The fourth-order valence-electron chi connectivity index (χ4n) is 3.38. The molecule has 0 aliphatic rings. The molecule has 0 fully saturated rings. The van der Waals surface area contributed by atoms with Crippen molar-refractivity contribution in [3.05, 3.63) is 69.5 Å². The van der Waals surface area contributed by atoms with E-state index < -0.39 is 11.7 Å². The van der Waals surface area contributed by atoms with Gasteiger partial charge in [0.05, 0.1) is 28.7 Å². The van der Waals surface area contributed by atoms with Crippen LogP contribution in [0.4, 0.5) is 16.5 Å². The standard InChI is InChI=1S/C26H30Cl3N3O4/c1-25(2,3)36-24(33)31-15-19-14-30-23(35-19)32-18-8-6-16(7-9-18)26(4,5)17-12-20(28)22(21(29)13-17)34-11-10-27/h6-9,12-14H,10-11,15H2,1-5H3,(H,30,32)(H,31,33). The molecule has 0 saturated heterocycles. The van der Waals surface area contributed by atoms with Gasteiger partial charge in [0, 0.05) is 11.1 Å². The molecule has 0 saturated carbocycles. The lowest BCUT2D eigenvalue weighted by Gasteiger charge is -2.27. The number of rotatable bonds is 9. The summed E-state index contributed by atoms with van der Waals surface area (Å²) in [6.07, 6.45) is 1.03. The summed E-state index contributed by atoms with van der Waals surface area (Å²) in [7, 11) is 0. The van der Waals surface area contributed by atoms with E-state index in [0.717, 1.165) is 16.8 Å². The highest BCUT2D eigenvalue weighted by Gasteiger charge is 2.26. The van der Waals surface area contributed by atoms with Crippen molar-refractivity contribution in [3.63, 3.8) is 0 Å². The second-order valence-electron chi connectivity index (χ2n) is 9.62. The van der Waals surface area contributed by atoms with Crippen molar-refractivity contribution in [2.45, 2.75) is 52.2 Å². The molecule has 0 unspecified atom stereocenters. The van der Waals surface area contributed by atoms with E-state index in [1.807, 2.05) is 36.4 Å². The van der Waals surface area contributed by atoms with Gasteiger partial charge in [0.25, 0.3) is 6.01 Å². The summed E-state index contributed by atoms with van der Waals surface area (Å²) >= 11 is 18.6. The number of benzene rings is 2. The van der Waals surface area contributed by atoms with E-state index >= 15 is 0 Å². The number of hydrogen-bond acceptors (Lipinski definition) is 6. The fraction of sp³-hybridized carbons (Fsp3) is 0.385. The molecule has 0 aliphatic carbocycles. The molecule has 36 heavy (non-hydrogen) atoms. The third-order valence-corrected chi connectivity index (χ3v) is 5.98.